The van der Waals surface area contributed by atoms with E-state index in [1.54, 1.807) is 23.7 Å². The van der Waals surface area contributed by atoms with Crippen LogP contribution in [-0.4, -0.2) is 34.4 Å². The molecule has 0 unspecified atom stereocenters. The molecule has 2 saturated heterocycles. The third-order valence-electron chi connectivity index (χ3n) is 4.47. The van der Waals surface area contributed by atoms with Crippen molar-refractivity contribution in [3.05, 3.63) is 46.9 Å². The van der Waals surface area contributed by atoms with Crippen LogP contribution in [0.25, 0.3) is 0 Å². The monoisotopic (exact) mass is 299 g/mol. The number of nitrogens with zero attached hydrogens (tertiary/aromatic N) is 3. The van der Waals surface area contributed by atoms with Crippen molar-refractivity contribution in [3.63, 3.8) is 0 Å². The Morgan fingerprint density at radius 1 is 1.29 bits per heavy atom. The number of hydrogen-bond donors (Lipinski definition) is 0. The summed E-state index contributed by atoms with van der Waals surface area (Å²) >= 11 is 1.79. The smallest absolute Gasteiger partial charge is 0.229 e. The Kier molecular flexibility index (Phi) is 3.24. The summed E-state index contributed by atoms with van der Waals surface area (Å²) in [5.74, 6) is 0.230. The number of aromatic nitrogens is 1. The maximum atomic E-state index is 12.4. The second-order valence-electron chi connectivity index (χ2n) is 5.65. The van der Waals surface area contributed by atoms with Crippen LogP contribution < -0.4 is 4.90 Å². The number of carbonyl (C=O) groups is 1. The van der Waals surface area contributed by atoms with E-state index in [2.05, 4.69) is 27.4 Å². The van der Waals surface area contributed by atoms with Gasteiger partial charge in [-0.3, -0.25) is 14.7 Å². The van der Waals surface area contributed by atoms with Gasteiger partial charge in [0, 0.05) is 36.6 Å². The Bertz CT molecular complexity index is 628. The van der Waals surface area contributed by atoms with Crippen LogP contribution in [0.5, 0.6) is 0 Å². The summed E-state index contributed by atoms with van der Waals surface area (Å²) in [4.78, 5) is 22.4. The van der Waals surface area contributed by atoms with Gasteiger partial charge in [-0.15, -0.1) is 11.3 Å². The molecule has 2 aliphatic heterocycles. The molecule has 0 spiro atoms. The van der Waals surface area contributed by atoms with Crippen molar-refractivity contribution in [1.82, 2.24) is 9.88 Å². The van der Waals surface area contributed by atoms with Crippen LogP contribution in [0.15, 0.2) is 42.0 Å². The lowest BCUT2D eigenvalue weighted by Crippen LogP contribution is -2.37. The normalized spacial score (nSPS) is 25.5. The van der Waals surface area contributed by atoms with Crippen molar-refractivity contribution in [2.24, 2.45) is 0 Å². The summed E-state index contributed by atoms with van der Waals surface area (Å²) in [7, 11) is 0. The molecule has 2 aromatic rings. The van der Waals surface area contributed by atoms with Gasteiger partial charge in [-0.05, 0) is 30.0 Å². The molecule has 4 rings (SSSR count). The minimum Gasteiger partial charge on any atom is -0.306 e. The molecule has 21 heavy (non-hydrogen) atoms. The van der Waals surface area contributed by atoms with E-state index in [-0.39, 0.29) is 5.91 Å². The maximum absolute atomic E-state index is 12.4. The Hall–Kier alpha value is -1.72. The van der Waals surface area contributed by atoms with Crippen molar-refractivity contribution < 1.29 is 4.79 Å². The lowest BCUT2D eigenvalue weighted by molar-refractivity contribution is -0.117. The lowest BCUT2D eigenvalue weighted by Gasteiger charge is -2.25. The van der Waals surface area contributed by atoms with Gasteiger partial charge in [0.2, 0.25) is 5.91 Å². The highest BCUT2D eigenvalue weighted by Crippen LogP contribution is 2.36. The Morgan fingerprint density at radius 3 is 3.00 bits per heavy atom. The van der Waals surface area contributed by atoms with Gasteiger partial charge in [0.25, 0.3) is 0 Å². The van der Waals surface area contributed by atoms with Crippen LogP contribution in [0, 0.1) is 0 Å². The lowest BCUT2D eigenvalue weighted by atomic mass is 10.1. The zero-order valence-corrected chi connectivity index (χ0v) is 12.5. The van der Waals surface area contributed by atoms with Crippen LogP contribution in [0.4, 0.5) is 5.69 Å². The summed E-state index contributed by atoms with van der Waals surface area (Å²) in [5, 5.41) is 2.12. The van der Waals surface area contributed by atoms with Gasteiger partial charge in [0.1, 0.15) is 0 Å². The average Bonchev–Trinajstić information content (AvgIpc) is 3.19. The molecule has 2 aliphatic rings. The first kappa shape index (κ1) is 13.0. The number of carbonyl (C=O) groups excluding carboxylic acids is 1. The molecular formula is C16H17N3OS. The molecule has 2 atom stereocenters. The molecule has 2 fully saturated rings. The topological polar surface area (TPSA) is 36.4 Å². The van der Waals surface area contributed by atoms with Crippen molar-refractivity contribution in [1.29, 1.82) is 0 Å². The number of anilines is 1. The fraction of sp³-hybridized carbons (Fsp3) is 0.375. The summed E-state index contributed by atoms with van der Waals surface area (Å²) in [6.07, 6.45) is 5.23. The third-order valence-corrected chi connectivity index (χ3v) is 5.33. The molecule has 0 radical (unpaired) electrons. The van der Waals surface area contributed by atoms with Gasteiger partial charge in [-0.1, -0.05) is 6.07 Å². The third kappa shape index (κ3) is 2.26. The second-order valence-corrected chi connectivity index (χ2v) is 6.68. The molecule has 108 valence electrons. The van der Waals surface area contributed by atoms with E-state index in [1.165, 1.54) is 4.88 Å². The van der Waals surface area contributed by atoms with Crippen molar-refractivity contribution >= 4 is 22.9 Å². The first-order chi connectivity index (χ1) is 10.3. The molecule has 2 aromatic heterocycles. The highest BCUT2D eigenvalue weighted by atomic mass is 32.1. The average molecular weight is 299 g/mol. The summed E-state index contributed by atoms with van der Waals surface area (Å²) in [6, 6.07) is 8.80. The van der Waals surface area contributed by atoms with E-state index in [0.717, 1.165) is 25.2 Å². The summed E-state index contributed by atoms with van der Waals surface area (Å²) < 4.78 is 0. The largest absolute Gasteiger partial charge is 0.306 e. The van der Waals surface area contributed by atoms with Gasteiger partial charge in [0.05, 0.1) is 17.9 Å². The van der Waals surface area contributed by atoms with Crippen LogP contribution in [0.2, 0.25) is 0 Å². The molecule has 4 heterocycles. The quantitative estimate of drug-likeness (QED) is 0.874. The molecule has 4 nitrogen and oxygen atoms in total. The Balaban J connectivity index is 1.55. The number of hydrogen-bond acceptors (Lipinski definition) is 4. The standard InChI is InChI=1S/C16H17N3OS/c20-16-9-15-14(19(16)12-3-1-6-17-10-12)5-7-18(15)11-13-4-2-8-21-13/h1-4,6,8,10,14-15H,5,7,9,11H2/t14-,15+/m0/s1. The summed E-state index contributed by atoms with van der Waals surface area (Å²) in [5.41, 5.74) is 0.938. The first-order valence-electron chi connectivity index (χ1n) is 7.31. The van der Waals surface area contributed by atoms with Crippen LogP contribution in [0.3, 0.4) is 0 Å². The number of likely N-dealkylation sites (tertiary alicyclic amines) is 1. The molecule has 0 saturated carbocycles. The highest BCUT2D eigenvalue weighted by molar-refractivity contribution is 7.09. The maximum Gasteiger partial charge on any atom is 0.229 e. The zero-order valence-electron chi connectivity index (χ0n) is 11.7. The van der Waals surface area contributed by atoms with E-state index < -0.39 is 0 Å². The number of rotatable bonds is 3. The molecule has 0 N–H and O–H groups in total. The first-order valence-corrected chi connectivity index (χ1v) is 8.19. The minimum atomic E-state index is 0.230. The molecule has 0 bridgehead atoms. The van der Waals surface area contributed by atoms with E-state index >= 15 is 0 Å². The summed E-state index contributed by atoms with van der Waals surface area (Å²) in [6.45, 7) is 2.03. The number of pyridine rings is 1. The fourth-order valence-corrected chi connectivity index (χ4v) is 4.29. The number of thiophene rings is 1. The van der Waals surface area contributed by atoms with Gasteiger partial charge < -0.3 is 4.90 Å². The van der Waals surface area contributed by atoms with E-state index in [4.69, 9.17) is 0 Å². The van der Waals surface area contributed by atoms with Crippen LogP contribution in [-0.2, 0) is 11.3 Å². The van der Waals surface area contributed by atoms with E-state index in [9.17, 15) is 4.79 Å². The van der Waals surface area contributed by atoms with Gasteiger partial charge in [0.15, 0.2) is 0 Å². The van der Waals surface area contributed by atoms with Gasteiger partial charge >= 0.3 is 0 Å². The van der Waals surface area contributed by atoms with E-state index in [1.807, 2.05) is 17.0 Å². The molecule has 0 aliphatic carbocycles. The number of amides is 1. The van der Waals surface area contributed by atoms with Crippen molar-refractivity contribution in [2.45, 2.75) is 31.5 Å². The van der Waals surface area contributed by atoms with Crippen LogP contribution in [0.1, 0.15) is 17.7 Å². The Morgan fingerprint density at radius 2 is 2.24 bits per heavy atom. The van der Waals surface area contributed by atoms with E-state index in [0.29, 0.717) is 18.5 Å². The highest BCUT2D eigenvalue weighted by Gasteiger charge is 2.47. The zero-order chi connectivity index (χ0) is 14.2. The molecular weight excluding hydrogens is 282 g/mol. The predicted molar refractivity (Wildman–Crippen MR) is 83.3 cm³/mol. The van der Waals surface area contributed by atoms with Gasteiger partial charge in [-0.25, -0.2) is 0 Å². The van der Waals surface area contributed by atoms with Gasteiger partial charge in [-0.2, -0.15) is 0 Å². The van der Waals surface area contributed by atoms with Crippen molar-refractivity contribution in [3.8, 4) is 0 Å². The van der Waals surface area contributed by atoms with Crippen molar-refractivity contribution in [2.75, 3.05) is 11.4 Å². The predicted octanol–water partition coefficient (Wildman–Crippen LogP) is 2.52. The SMILES string of the molecule is O=C1C[C@@H]2[C@H](CCN2Cc2cccs2)N1c1cccnc1. The second kappa shape index (κ2) is 5.24. The number of fused-ring (bicyclic) bond motifs is 1. The minimum absolute atomic E-state index is 0.230. The fourth-order valence-electron chi connectivity index (χ4n) is 3.56. The Labute approximate surface area is 128 Å². The van der Waals surface area contributed by atoms with Crippen LogP contribution >= 0.6 is 11.3 Å². The molecule has 5 heteroatoms. The molecule has 0 aromatic carbocycles. The molecule has 1 amide bonds.